The third kappa shape index (κ3) is 1.46. The van der Waals surface area contributed by atoms with Crippen LogP contribution in [0.5, 0.6) is 0 Å². The Morgan fingerprint density at radius 3 is 2.24 bits per heavy atom. The summed E-state index contributed by atoms with van der Waals surface area (Å²) < 4.78 is 12.9. The molecule has 2 heteroatoms. The van der Waals surface area contributed by atoms with E-state index in [1.54, 1.807) is 12.1 Å². The van der Waals surface area contributed by atoms with Crippen LogP contribution < -0.4 is 0 Å². The van der Waals surface area contributed by atoms with Crippen LogP contribution in [-0.4, -0.2) is 0 Å². The van der Waals surface area contributed by atoms with Crippen LogP contribution >= 0.6 is 15.9 Å². The number of hydrogen-bond acceptors (Lipinski definition) is 0. The Morgan fingerprint density at radius 1 is 1.06 bits per heavy atom. The average molecular weight is 295 g/mol. The number of alkyl halides is 1. The van der Waals surface area contributed by atoms with Crippen molar-refractivity contribution in [3.63, 3.8) is 0 Å². The summed E-state index contributed by atoms with van der Waals surface area (Å²) in [4.78, 5) is 0.446. The highest BCUT2D eigenvalue weighted by atomic mass is 79.9. The molecule has 5 atom stereocenters. The van der Waals surface area contributed by atoms with Crippen molar-refractivity contribution >= 4 is 15.9 Å². The van der Waals surface area contributed by atoms with Crippen molar-refractivity contribution in [3.05, 3.63) is 35.6 Å². The lowest BCUT2D eigenvalue weighted by Gasteiger charge is -2.14. The van der Waals surface area contributed by atoms with E-state index in [-0.39, 0.29) is 5.82 Å². The molecule has 0 amide bonds. The molecule has 3 saturated carbocycles. The predicted octanol–water partition coefficient (Wildman–Crippen LogP) is 4.55. The second-order valence-electron chi connectivity index (χ2n) is 6.02. The summed E-state index contributed by atoms with van der Waals surface area (Å²) in [6.07, 6.45) is 4.42. The highest BCUT2D eigenvalue weighted by Gasteiger charge is 2.66. The van der Waals surface area contributed by atoms with Crippen molar-refractivity contribution in [3.8, 4) is 0 Å². The van der Waals surface area contributed by atoms with Gasteiger partial charge in [-0.05, 0) is 66.5 Å². The third-order valence-electron chi connectivity index (χ3n) is 5.32. The molecule has 1 aromatic carbocycles. The Hall–Kier alpha value is -0.370. The lowest BCUT2D eigenvalue weighted by Crippen LogP contribution is -2.03. The van der Waals surface area contributed by atoms with E-state index in [0.29, 0.717) is 4.83 Å². The quantitative estimate of drug-likeness (QED) is 0.702. The van der Waals surface area contributed by atoms with Crippen LogP contribution in [0, 0.1) is 35.4 Å². The van der Waals surface area contributed by atoms with Crippen LogP contribution in [0.4, 0.5) is 4.39 Å². The minimum atomic E-state index is -0.135. The Balaban J connectivity index is 1.55. The van der Waals surface area contributed by atoms with Gasteiger partial charge in [0.05, 0.1) is 0 Å². The van der Waals surface area contributed by atoms with E-state index >= 15 is 0 Å². The Labute approximate surface area is 110 Å². The van der Waals surface area contributed by atoms with Gasteiger partial charge in [-0.3, -0.25) is 0 Å². The maximum absolute atomic E-state index is 12.9. The first-order valence-electron chi connectivity index (χ1n) is 6.65. The molecule has 1 aromatic rings. The molecular weight excluding hydrogens is 279 g/mol. The van der Waals surface area contributed by atoms with Crippen LogP contribution in [-0.2, 0) is 0 Å². The molecule has 0 aromatic heterocycles. The molecule has 3 aliphatic carbocycles. The third-order valence-corrected chi connectivity index (χ3v) is 6.46. The molecule has 0 spiro atoms. The highest BCUT2D eigenvalue weighted by Crippen LogP contribution is 2.73. The summed E-state index contributed by atoms with van der Waals surface area (Å²) >= 11 is 3.85. The molecule has 5 unspecified atom stereocenters. The molecule has 0 heterocycles. The summed E-state index contributed by atoms with van der Waals surface area (Å²) in [6.45, 7) is 0. The van der Waals surface area contributed by atoms with Crippen LogP contribution in [0.3, 0.4) is 0 Å². The fourth-order valence-electron chi connectivity index (χ4n) is 4.65. The van der Waals surface area contributed by atoms with Gasteiger partial charge >= 0.3 is 0 Å². The minimum absolute atomic E-state index is 0.135. The summed E-state index contributed by atoms with van der Waals surface area (Å²) in [5.41, 5.74) is 1.25. The van der Waals surface area contributed by atoms with E-state index in [2.05, 4.69) is 15.9 Å². The van der Waals surface area contributed by atoms with Crippen molar-refractivity contribution in [2.75, 3.05) is 0 Å². The molecule has 2 bridgehead atoms. The zero-order valence-electron chi connectivity index (χ0n) is 9.65. The topological polar surface area (TPSA) is 0 Å². The number of benzene rings is 1. The summed E-state index contributed by atoms with van der Waals surface area (Å²) in [5, 5.41) is 0. The van der Waals surface area contributed by atoms with Gasteiger partial charge in [-0.2, -0.15) is 0 Å². The summed E-state index contributed by atoms with van der Waals surface area (Å²) in [6, 6.07) is 7.03. The van der Waals surface area contributed by atoms with Gasteiger partial charge < -0.3 is 0 Å². The van der Waals surface area contributed by atoms with E-state index in [9.17, 15) is 4.39 Å². The SMILES string of the molecule is Fc1ccc(C(Br)C2C3C4CCC(C4)C32)cc1. The fraction of sp³-hybridized carbons (Fsp3) is 0.600. The smallest absolute Gasteiger partial charge is 0.123 e. The van der Waals surface area contributed by atoms with Gasteiger partial charge in [0, 0.05) is 4.83 Å². The zero-order chi connectivity index (χ0) is 11.6. The van der Waals surface area contributed by atoms with Crippen molar-refractivity contribution in [1.82, 2.24) is 0 Å². The molecular formula is C15H16BrF. The van der Waals surface area contributed by atoms with Gasteiger partial charge in [0.1, 0.15) is 5.82 Å². The molecule has 3 aliphatic rings. The minimum Gasteiger partial charge on any atom is -0.207 e. The molecule has 0 radical (unpaired) electrons. The summed E-state index contributed by atoms with van der Waals surface area (Å²) in [7, 11) is 0. The van der Waals surface area contributed by atoms with E-state index in [0.717, 1.165) is 29.6 Å². The Morgan fingerprint density at radius 2 is 1.65 bits per heavy atom. The largest absolute Gasteiger partial charge is 0.207 e. The number of hydrogen-bond donors (Lipinski definition) is 0. The molecule has 0 saturated heterocycles. The average Bonchev–Trinajstić information content (AvgIpc) is 2.77. The van der Waals surface area contributed by atoms with Crippen molar-refractivity contribution < 1.29 is 4.39 Å². The first-order valence-corrected chi connectivity index (χ1v) is 7.57. The molecule has 0 aliphatic heterocycles. The normalized spacial score (nSPS) is 43.5. The van der Waals surface area contributed by atoms with Crippen molar-refractivity contribution in [2.24, 2.45) is 29.6 Å². The first kappa shape index (κ1) is 10.5. The van der Waals surface area contributed by atoms with E-state index in [1.807, 2.05) is 12.1 Å². The Kier molecular flexibility index (Phi) is 2.21. The van der Waals surface area contributed by atoms with E-state index in [1.165, 1.54) is 24.8 Å². The number of halogens is 2. The van der Waals surface area contributed by atoms with Crippen LogP contribution in [0.2, 0.25) is 0 Å². The van der Waals surface area contributed by atoms with Crippen molar-refractivity contribution in [2.45, 2.75) is 24.1 Å². The van der Waals surface area contributed by atoms with Gasteiger partial charge in [-0.25, -0.2) is 4.39 Å². The fourth-order valence-corrected chi connectivity index (χ4v) is 5.66. The lowest BCUT2D eigenvalue weighted by molar-refractivity contribution is 0.456. The zero-order valence-corrected chi connectivity index (χ0v) is 11.2. The number of rotatable bonds is 2. The van der Waals surface area contributed by atoms with E-state index in [4.69, 9.17) is 0 Å². The van der Waals surface area contributed by atoms with Gasteiger partial charge in [0.25, 0.3) is 0 Å². The molecule has 3 fully saturated rings. The van der Waals surface area contributed by atoms with Crippen molar-refractivity contribution in [1.29, 1.82) is 0 Å². The predicted molar refractivity (Wildman–Crippen MR) is 69.4 cm³/mol. The monoisotopic (exact) mass is 294 g/mol. The van der Waals surface area contributed by atoms with E-state index < -0.39 is 0 Å². The standard InChI is InChI=1S/C15H16BrF/c16-15(8-3-5-11(17)6-4-8)14-12-9-1-2-10(7-9)13(12)14/h3-6,9-10,12-15H,1-2,7H2. The van der Waals surface area contributed by atoms with Gasteiger partial charge in [0.15, 0.2) is 0 Å². The molecule has 4 rings (SSSR count). The highest BCUT2D eigenvalue weighted by molar-refractivity contribution is 9.09. The van der Waals surface area contributed by atoms with Crippen LogP contribution in [0.25, 0.3) is 0 Å². The second-order valence-corrected chi connectivity index (χ2v) is 7.01. The molecule has 90 valence electrons. The maximum Gasteiger partial charge on any atom is 0.123 e. The molecule has 0 N–H and O–H groups in total. The first-order chi connectivity index (χ1) is 8.25. The Bertz CT molecular complexity index is 425. The maximum atomic E-state index is 12.9. The van der Waals surface area contributed by atoms with Gasteiger partial charge in [-0.15, -0.1) is 0 Å². The summed E-state index contributed by atoms with van der Waals surface area (Å²) in [5.74, 6) is 4.66. The van der Waals surface area contributed by atoms with Gasteiger partial charge in [-0.1, -0.05) is 28.1 Å². The lowest BCUT2D eigenvalue weighted by atomic mass is 9.97. The molecule has 0 nitrogen and oxygen atoms in total. The van der Waals surface area contributed by atoms with Gasteiger partial charge in [0.2, 0.25) is 0 Å². The van der Waals surface area contributed by atoms with Crippen LogP contribution in [0.15, 0.2) is 24.3 Å². The number of fused-ring (bicyclic) bond motifs is 5. The van der Waals surface area contributed by atoms with Crippen LogP contribution in [0.1, 0.15) is 29.7 Å². The molecule has 17 heavy (non-hydrogen) atoms. The second kappa shape index (κ2) is 3.57.